The van der Waals surface area contributed by atoms with E-state index in [1.165, 1.54) is 23.0 Å². The first-order valence-electron chi connectivity index (χ1n) is 4.92. The van der Waals surface area contributed by atoms with Crippen molar-refractivity contribution < 1.29 is 13.9 Å². The summed E-state index contributed by atoms with van der Waals surface area (Å²) in [5.41, 5.74) is 0.0815. The lowest BCUT2D eigenvalue weighted by Crippen LogP contribution is -2.04. The molecule has 0 unspecified atom stereocenters. The van der Waals surface area contributed by atoms with Gasteiger partial charge >= 0.3 is 5.97 Å². The van der Waals surface area contributed by atoms with E-state index < -0.39 is 11.8 Å². The minimum Gasteiger partial charge on any atom is -0.461 e. The van der Waals surface area contributed by atoms with Gasteiger partial charge in [-0.15, -0.1) is 5.10 Å². The zero-order valence-electron chi connectivity index (χ0n) is 9.00. The Labute approximate surface area is 96.0 Å². The average Bonchev–Trinajstić information content (AvgIpc) is 2.80. The summed E-state index contributed by atoms with van der Waals surface area (Å²) < 4.78 is 18.7. The largest absolute Gasteiger partial charge is 0.461 e. The van der Waals surface area contributed by atoms with Gasteiger partial charge < -0.3 is 4.74 Å². The first kappa shape index (κ1) is 11.2. The number of carbonyl (C=O) groups is 1. The first-order chi connectivity index (χ1) is 8.20. The molecule has 88 valence electrons. The molecule has 0 bridgehead atoms. The summed E-state index contributed by atoms with van der Waals surface area (Å²) in [5, 5.41) is 7.34. The van der Waals surface area contributed by atoms with E-state index in [0.29, 0.717) is 5.82 Å². The maximum absolute atomic E-state index is 12.7. The number of esters is 1. The van der Waals surface area contributed by atoms with E-state index in [1.54, 1.807) is 6.92 Å². The van der Waals surface area contributed by atoms with Crippen molar-refractivity contribution in [3.05, 3.63) is 36.0 Å². The smallest absolute Gasteiger partial charge is 0.360 e. The first-order valence-corrected chi connectivity index (χ1v) is 4.92. The monoisotopic (exact) mass is 236 g/mol. The number of ether oxygens (including phenoxy) is 1. The summed E-state index contributed by atoms with van der Waals surface area (Å²) in [5.74, 6) is -0.630. The second-order valence-electron chi connectivity index (χ2n) is 3.10. The van der Waals surface area contributed by atoms with E-state index in [2.05, 4.69) is 15.3 Å². The zero-order valence-corrected chi connectivity index (χ0v) is 9.00. The lowest BCUT2D eigenvalue weighted by atomic mass is 10.4. The number of rotatable bonds is 3. The predicted molar refractivity (Wildman–Crippen MR) is 55.1 cm³/mol. The van der Waals surface area contributed by atoms with Gasteiger partial charge in [-0.05, 0) is 19.1 Å². The lowest BCUT2D eigenvalue weighted by Gasteiger charge is -1.97. The minimum atomic E-state index is -0.555. The predicted octanol–water partition coefficient (Wildman–Crippen LogP) is 0.978. The van der Waals surface area contributed by atoms with Crippen molar-refractivity contribution in [1.82, 2.24) is 20.0 Å². The van der Waals surface area contributed by atoms with E-state index in [1.807, 2.05) is 0 Å². The van der Waals surface area contributed by atoms with Gasteiger partial charge in [0.1, 0.15) is 5.82 Å². The van der Waals surface area contributed by atoms with Crippen LogP contribution in [0, 0.1) is 5.82 Å². The number of halogens is 1. The molecular formula is C10H9FN4O2. The molecule has 0 amide bonds. The molecule has 0 N–H and O–H groups in total. The van der Waals surface area contributed by atoms with Gasteiger partial charge in [0.05, 0.1) is 19.0 Å². The number of carbonyl (C=O) groups excluding carboxylic acids is 1. The molecule has 0 spiro atoms. The van der Waals surface area contributed by atoms with Crippen LogP contribution in [0.3, 0.4) is 0 Å². The van der Waals surface area contributed by atoms with Crippen LogP contribution in [0.15, 0.2) is 24.5 Å². The Hall–Kier alpha value is -2.31. The molecule has 2 heterocycles. The van der Waals surface area contributed by atoms with E-state index in [4.69, 9.17) is 4.74 Å². The van der Waals surface area contributed by atoms with Crippen LogP contribution in [0.2, 0.25) is 0 Å². The number of hydrogen-bond donors (Lipinski definition) is 0. The molecule has 17 heavy (non-hydrogen) atoms. The number of hydrogen-bond acceptors (Lipinski definition) is 5. The van der Waals surface area contributed by atoms with Gasteiger partial charge in [0.2, 0.25) is 0 Å². The summed E-state index contributed by atoms with van der Waals surface area (Å²) in [6.45, 7) is 1.96. The second-order valence-corrected chi connectivity index (χ2v) is 3.10. The summed E-state index contributed by atoms with van der Waals surface area (Å²) in [4.78, 5) is 15.1. The molecule has 7 heteroatoms. The third-order valence-corrected chi connectivity index (χ3v) is 1.92. The van der Waals surface area contributed by atoms with E-state index in [9.17, 15) is 9.18 Å². The van der Waals surface area contributed by atoms with Crippen LogP contribution in [-0.4, -0.2) is 32.6 Å². The van der Waals surface area contributed by atoms with Crippen molar-refractivity contribution in [2.45, 2.75) is 6.92 Å². The minimum absolute atomic E-state index is 0.0815. The summed E-state index contributed by atoms with van der Waals surface area (Å²) in [6.07, 6.45) is 2.43. The van der Waals surface area contributed by atoms with Gasteiger partial charge in [-0.2, -0.15) is 0 Å². The molecular weight excluding hydrogens is 227 g/mol. The van der Waals surface area contributed by atoms with Crippen LogP contribution in [0.4, 0.5) is 4.39 Å². The fourth-order valence-electron chi connectivity index (χ4n) is 1.18. The molecule has 0 aliphatic heterocycles. The molecule has 0 saturated heterocycles. The molecule has 0 saturated carbocycles. The Morgan fingerprint density at radius 3 is 3.00 bits per heavy atom. The molecule has 0 radical (unpaired) electrons. The number of nitrogens with zero attached hydrogens (tertiary/aromatic N) is 4. The van der Waals surface area contributed by atoms with Crippen LogP contribution >= 0.6 is 0 Å². The Kier molecular flexibility index (Phi) is 3.08. The SMILES string of the molecule is CCOC(=O)c1cn(-c2ccc(F)cn2)nn1. The second kappa shape index (κ2) is 4.69. The summed E-state index contributed by atoms with van der Waals surface area (Å²) in [6, 6.07) is 2.67. The summed E-state index contributed by atoms with van der Waals surface area (Å²) in [7, 11) is 0. The Morgan fingerprint density at radius 2 is 2.35 bits per heavy atom. The molecule has 0 aliphatic rings. The normalized spacial score (nSPS) is 10.2. The highest BCUT2D eigenvalue weighted by molar-refractivity contribution is 5.86. The van der Waals surface area contributed by atoms with Crippen molar-refractivity contribution in [2.24, 2.45) is 0 Å². The van der Waals surface area contributed by atoms with Crippen LogP contribution in [0.1, 0.15) is 17.4 Å². The number of aromatic nitrogens is 4. The lowest BCUT2D eigenvalue weighted by molar-refractivity contribution is 0.0519. The number of pyridine rings is 1. The molecule has 2 aromatic heterocycles. The fraction of sp³-hybridized carbons (Fsp3) is 0.200. The van der Waals surface area contributed by atoms with E-state index >= 15 is 0 Å². The molecule has 0 atom stereocenters. The molecule has 0 fully saturated rings. The van der Waals surface area contributed by atoms with Crippen molar-refractivity contribution >= 4 is 5.97 Å². The standard InChI is InChI=1S/C10H9FN4O2/c1-2-17-10(16)8-6-15(14-13-8)9-4-3-7(11)5-12-9/h3-6H,2H2,1H3. The van der Waals surface area contributed by atoms with Crippen LogP contribution in [-0.2, 0) is 4.74 Å². The quantitative estimate of drug-likeness (QED) is 0.743. The van der Waals surface area contributed by atoms with Crippen LogP contribution in [0.5, 0.6) is 0 Å². The fourth-order valence-corrected chi connectivity index (χ4v) is 1.18. The van der Waals surface area contributed by atoms with Gasteiger partial charge in [0.25, 0.3) is 0 Å². The third-order valence-electron chi connectivity index (χ3n) is 1.92. The van der Waals surface area contributed by atoms with Crippen LogP contribution < -0.4 is 0 Å². The summed E-state index contributed by atoms with van der Waals surface area (Å²) >= 11 is 0. The van der Waals surface area contributed by atoms with Gasteiger partial charge in [0, 0.05) is 0 Å². The third kappa shape index (κ3) is 2.44. The highest BCUT2D eigenvalue weighted by Crippen LogP contribution is 2.05. The van der Waals surface area contributed by atoms with E-state index in [-0.39, 0.29) is 12.3 Å². The van der Waals surface area contributed by atoms with Crippen molar-refractivity contribution in [1.29, 1.82) is 0 Å². The maximum Gasteiger partial charge on any atom is 0.360 e. The maximum atomic E-state index is 12.7. The topological polar surface area (TPSA) is 69.9 Å². The highest BCUT2D eigenvalue weighted by atomic mass is 19.1. The van der Waals surface area contributed by atoms with Crippen molar-refractivity contribution in [2.75, 3.05) is 6.61 Å². The molecule has 6 nitrogen and oxygen atoms in total. The Balaban J connectivity index is 2.23. The Morgan fingerprint density at radius 1 is 1.53 bits per heavy atom. The van der Waals surface area contributed by atoms with Gasteiger partial charge in [0.15, 0.2) is 11.5 Å². The zero-order chi connectivity index (χ0) is 12.3. The molecule has 0 aliphatic carbocycles. The van der Waals surface area contributed by atoms with Gasteiger partial charge in [-0.3, -0.25) is 0 Å². The van der Waals surface area contributed by atoms with Crippen molar-refractivity contribution in [3.8, 4) is 5.82 Å². The molecule has 2 aromatic rings. The van der Waals surface area contributed by atoms with Crippen molar-refractivity contribution in [3.63, 3.8) is 0 Å². The average molecular weight is 236 g/mol. The van der Waals surface area contributed by atoms with E-state index in [0.717, 1.165) is 6.20 Å². The van der Waals surface area contributed by atoms with Gasteiger partial charge in [-0.1, -0.05) is 5.21 Å². The van der Waals surface area contributed by atoms with Crippen LogP contribution in [0.25, 0.3) is 5.82 Å². The van der Waals surface area contributed by atoms with Gasteiger partial charge in [-0.25, -0.2) is 18.9 Å². The molecule has 0 aromatic carbocycles. The molecule has 2 rings (SSSR count). The highest BCUT2D eigenvalue weighted by Gasteiger charge is 2.12. The Bertz CT molecular complexity index is 523.